The number of ether oxygens (including phenoxy) is 1. The van der Waals surface area contributed by atoms with Crippen LogP contribution in [0, 0.1) is 0 Å². The van der Waals surface area contributed by atoms with Crippen LogP contribution in [-0.2, 0) is 4.79 Å². The molecule has 0 saturated heterocycles. The van der Waals surface area contributed by atoms with Crippen LogP contribution in [0.5, 0.6) is 5.75 Å². The lowest BCUT2D eigenvalue weighted by molar-refractivity contribution is -0.120. The average molecular weight is 301 g/mol. The Morgan fingerprint density at radius 2 is 2.20 bits per heavy atom. The third-order valence-electron chi connectivity index (χ3n) is 2.35. The van der Waals surface area contributed by atoms with Gasteiger partial charge in [-0.3, -0.25) is 4.79 Å². The Morgan fingerprint density at radius 1 is 1.45 bits per heavy atom. The van der Waals surface area contributed by atoms with Crippen molar-refractivity contribution in [2.75, 3.05) is 19.7 Å². The summed E-state index contributed by atoms with van der Waals surface area (Å²) >= 11 is 5.82. The molecule has 0 aliphatic carbocycles. The molecule has 0 spiro atoms. The Labute approximate surface area is 124 Å². The molecule has 0 radical (unpaired) electrons. The number of nitrogens with one attached hydrogen (secondary N) is 2. The van der Waals surface area contributed by atoms with Crippen LogP contribution in [0.4, 0.5) is 0 Å². The molecule has 112 valence electrons. The monoisotopic (exact) mass is 300 g/mol. The molecule has 20 heavy (non-hydrogen) atoms. The number of carbonyl (C=O) groups is 1. The Hall–Kier alpha value is -1.30. The second kappa shape index (κ2) is 8.79. The Bertz CT molecular complexity index is 427. The van der Waals surface area contributed by atoms with Gasteiger partial charge in [0.05, 0.1) is 6.54 Å². The molecule has 1 rings (SSSR count). The third-order valence-corrected chi connectivity index (χ3v) is 2.59. The molecule has 0 aromatic heterocycles. The minimum atomic E-state index is -0.694. The molecule has 1 aromatic rings. The van der Waals surface area contributed by atoms with Crippen molar-refractivity contribution in [1.82, 2.24) is 10.6 Å². The largest absolute Gasteiger partial charge is 0.491 e. The number of benzene rings is 1. The first kappa shape index (κ1) is 16.8. The van der Waals surface area contributed by atoms with Gasteiger partial charge in [-0.1, -0.05) is 17.7 Å². The van der Waals surface area contributed by atoms with E-state index in [0.717, 1.165) is 0 Å². The van der Waals surface area contributed by atoms with Gasteiger partial charge in [0.1, 0.15) is 18.5 Å². The number of hydrogen-bond donors (Lipinski definition) is 3. The lowest BCUT2D eigenvalue weighted by Gasteiger charge is -2.14. The summed E-state index contributed by atoms with van der Waals surface area (Å²) in [6, 6.07) is 7.08. The minimum Gasteiger partial charge on any atom is -0.491 e. The van der Waals surface area contributed by atoms with E-state index in [9.17, 15) is 9.90 Å². The van der Waals surface area contributed by atoms with E-state index in [1.807, 2.05) is 13.8 Å². The average Bonchev–Trinajstić information content (AvgIpc) is 2.35. The SMILES string of the molecule is CC(C)NC(=O)CNCC(O)COc1cccc(Cl)c1. The van der Waals surface area contributed by atoms with Crippen LogP contribution in [0.25, 0.3) is 0 Å². The molecule has 1 aromatic carbocycles. The van der Waals surface area contributed by atoms with E-state index in [4.69, 9.17) is 16.3 Å². The molecule has 5 nitrogen and oxygen atoms in total. The molecule has 0 heterocycles. The molecule has 6 heteroatoms. The number of hydrogen-bond acceptors (Lipinski definition) is 4. The Kier molecular flexibility index (Phi) is 7.36. The molecule has 3 N–H and O–H groups in total. The van der Waals surface area contributed by atoms with E-state index in [2.05, 4.69) is 10.6 Å². The maximum absolute atomic E-state index is 11.4. The second-order valence-corrected chi connectivity index (χ2v) is 5.21. The fraction of sp³-hybridized carbons (Fsp3) is 0.500. The highest BCUT2D eigenvalue weighted by Gasteiger charge is 2.07. The third kappa shape index (κ3) is 7.33. The maximum atomic E-state index is 11.4. The van der Waals surface area contributed by atoms with E-state index < -0.39 is 6.10 Å². The Morgan fingerprint density at radius 3 is 2.85 bits per heavy atom. The number of carbonyl (C=O) groups excluding carboxylic acids is 1. The van der Waals surface area contributed by atoms with Gasteiger partial charge in [-0.2, -0.15) is 0 Å². The first-order valence-corrected chi connectivity index (χ1v) is 6.91. The van der Waals surface area contributed by atoms with Crippen LogP contribution in [0.3, 0.4) is 0 Å². The topological polar surface area (TPSA) is 70.6 Å². The first-order valence-electron chi connectivity index (χ1n) is 6.54. The van der Waals surface area contributed by atoms with E-state index in [0.29, 0.717) is 10.8 Å². The molecule has 0 saturated carbocycles. The van der Waals surface area contributed by atoms with Gasteiger partial charge < -0.3 is 20.5 Å². The Balaban J connectivity index is 2.17. The summed E-state index contributed by atoms with van der Waals surface area (Å²) in [5.41, 5.74) is 0. The molecule has 0 fully saturated rings. The van der Waals surface area contributed by atoms with Crippen molar-refractivity contribution in [3.05, 3.63) is 29.3 Å². The smallest absolute Gasteiger partial charge is 0.234 e. The van der Waals surface area contributed by atoms with Crippen molar-refractivity contribution in [2.24, 2.45) is 0 Å². The van der Waals surface area contributed by atoms with Crippen LogP contribution >= 0.6 is 11.6 Å². The van der Waals surface area contributed by atoms with Crippen LogP contribution < -0.4 is 15.4 Å². The number of halogens is 1. The van der Waals surface area contributed by atoms with E-state index in [1.54, 1.807) is 24.3 Å². The van der Waals surface area contributed by atoms with Gasteiger partial charge in [0.2, 0.25) is 5.91 Å². The lowest BCUT2D eigenvalue weighted by atomic mass is 10.3. The van der Waals surface area contributed by atoms with Gasteiger partial charge in [0.25, 0.3) is 0 Å². The summed E-state index contributed by atoms with van der Waals surface area (Å²) in [4.78, 5) is 11.4. The van der Waals surface area contributed by atoms with Crippen LogP contribution in [0.1, 0.15) is 13.8 Å². The molecule has 1 amide bonds. The van der Waals surface area contributed by atoms with Gasteiger partial charge in [-0.05, 0) is 32.0 Å². The van der Waals surface area contributed by atoms with Crippen molar-refractivity contribution in [1.29, 1.82) is 0 Å². The summed E-state index contributed by atoms with van der Waals surface area (Å²) in [5, 5.41) is 15.9. The molecule has 0 aliphatic rings. The minimum absolute atomic E-state index is 0.0945. The number of rotatable bonds is 8. The van der Waals surface area contributed by atoms with Gasteiger partial charge in [0, 0.05) is 17.6 Å². The maximum Gasteiger partial charge on any atom is 0.234 e. The van der Waals surface area contributed by atoms with Gasteiger partial charge in [-0.25, -0.2) is 0 Å². The zero-order valence-electron chi connectivity index (χ0n) is 11.7. The summed E-state index contributed by atoms with van der Waals surface area (Å²) in [6.45, 7) is 4.38. The van der Waals surface area contributed by atoms with Crippen LogP contribution in [-0.4, -0.2) is 42.9 Å². The number of amides is 1. The zero-order valence-corrected chi connectivity index (χ0v) is 12.5. The lowest BCUT2D eigenvalue weighted by Crippen LogP contribution is -2.41. The normalized spacial score (nSPS) is 12.2. The number of aliphatic hydroxyl groups excluding tert-OH is 1. The first-order chi connectivity index (χ1) is 9.47. The van der Waals surface area contributed by atoms with Gasteiger partial charge >= 0.3 is 0 Å². The van der Waals surface area contributed by atoms with E-state index in [-0.39, 0.29) is 31.6 Å². The zero-order chi connectivity index (χ0) is 15.0. The van der Waals surface area contributed by atoms with Crippen LogP contribution in [0.15, 0.2) is 24.3 Å². The molecule has 1 atom stereocenters. The van der Waals surface area contributed by atoms with Crippen molar-refractivity contribution in [2.45, 2.75) is 26.0 Å². The standard InChI is InChI=1S/C14H21ClN2O3/c1-10(2)17-14(19)8-16-7-12(18)9-20-13-5-3-4-11(15)6-13/h3-6,10,12,16,18H,7-9H2,1-2H3,(H,17,19). The fourth-order valence-corrected chi connectivity index (χ4v) is 1.71. The van der Waals surface area contributed by atoms with E-state index in [1.165, 1.54) is 0 Å². The molecule has 0 bridgehead atoms. The summed E-state index contributed by atoms with van der Waals surface area (Å²) in [6.07, 6.45) is -0.694. The highest BCUT2D eigenvalue weighted by Crippen LogP contribution is 2.17. The van der Waals surface area contributed by atoms with Crippen molar-refractivity contribution < 1.29 is 14.6 Å². The summed E-state index contributed by atoms with van der Waals surface area (Å²) in [7, 11) is 0. The molecular formula is C14H21ClN2O3. The van der Waals surface area contributed by atoms with Crippen LogP contribution in [0.2, 0.25) is 5.02 Å². The number of aliphatic hydroxyl groups is 1. The van der Waals surface area contributed by atoms with Crippen molar-refractivity contribution in [3.8, 4) is 5.75 Å². The molecule has 0 aliphatic heterocycles. The highest BCUT2D eigenvalue weighted by atomic mass is 35.5. The predicted molar refractivity (Wildman–Crippen MR) is 79.1 cm³/mol. The van der Waals surface area contributed by atoms with Gasteiger partial charge in [0.15, 0.2) is 0 Å². The molecule has 1 unspecified atom stereocenters. The second-order valence-electron chi connectivity index (χ2n) is 4.78. The quantitative estimate of drug-likeness (QED) is 0.674. The predicted octanol–water partition coefficient (Wildman–Crippen LogP) is 1.19. The highest BCUT2D eigenvalue weighted by molar-refractivity contribution is 6.30. The van der Waals surface area contributed by atoms with Gasteiger partial charge in [-0.15, -0.1) is 0 Å². The summed E-state index contributed by atoms with van der Waals surface area (Å²) < 4.78 is 5.40. The fourth-order valence-electron chi connectivity index (χ4n) is 1.53. The summed E-state index contributed by atoms with van der Waals surface area (Å²) in [5.74, 6) is 0.511. The van der Waals surface area contributed by atoms with Crippen molar-refractivity contribution in [3.63, 3.8) is 0 Å². The van der Waals surface area contributed by atoms with E-state index >= 15 is 0 Å². The molecular weight excluding hydrogens is 280 g/mol. The van der Waals surface area contributed by atoms with Crippen molar-refractivity contribution >= 4 is 17.5 Å².